The highest BCUT2D eigenvalue weighted by molar-refractivity contribution is 5.23. The largest absolute Gasteiger partial charge is 0.385 e. The van der Waals surface area contributed by atoms with Crippen LogP contribution in [-0.4, -0.2) is 11.1 Å². The van der Waals surface area contributed by atoms with Crippen LogP contribution < -0.4 is 5.73 Å². The maximum absolute atomic E-state index is 12.7. The molecule has 0 spiro atoms. The Morgan fingerprint density at radius 2 is 1.73 bits per heavy atom. The molecule has 2 nitrogen and oxygen atoms in total. The summed E-state index contributed by atoms with van der Waals surface area (Å²) in [5.74, 6) is -0.269. The Labute approximate surface area is 88.9 Å². The van der Waals surface area contributed by atoms with Gasteiger partial charge in [-0.05, 0) is 43.4 Å². The van der Waals surface area contributed by atoms with E-state index in [-0.39, 0.29) is 11.9 Å². The van der Waals surface area contributed by atoms with Gasteiger partial charge in [-0.25, -0.2) is 4.39 Å². The lowest BCUT2D eigenvalue weighted by Crippen LogP contribution is -2.36. The SMILES string of the molecule is N[C@H]1CC[C@](O)(c2ccc(F)cc2)CC1. The minimum atomic E-state index is -0.802. The molecule has 2 rings (SSSR count). The highest BCUT2D eigenvalue weighted by atomic mass is 19.1. The van der Waals surface area contributed by atoms with Gasteiger partial charge in [0.05, 0.1) is 5.60 Å². The van der Waals surface area contributed by atoms with Crippen molar-refractivity contribution in [2.45, 2.75) is 37.3 Å². The predicted octanol–water partition coefficient (Wildman–Crippen LogP) is 1.91. The summed E-state index contributed by atoms with van der Waals surface area (Å²) in [5.41, 5.74) is 5.79. The van der Waals surface area contributed by atoms with Crippen LogP contribution >= 0.6 is 0 Å². The molecule has 0 unspecified atom stereocenters. The molecule has 1 aliphatic rings. The number of halogens is 1. The van der Waals surface area contributed by atoms with Gasteiger partial charge < -0.3 is 10.8 Å². The van der Waals surface area contributed by atoms with E-state index in [0.717, 1.165) is 18.4 Å². The van der Waals surface area contributed by atoms with E-state index in [9.17, 15) is 9.50 Å². The molecule has 1 aromatic rings. The lowest BCUT2D eigenvalue weighted by atomic mass is 9.78. The fourth-order valence-corrected chi connectivity index (χ4v) is 2.17. The molecule has 82 valence electrons. The molecule has 0 atom stereocenters. The molecular formula is C12H16FNO. The molecular weight excluding hydrogens is 193 g/mol. The molecule has 1 aliphatic carbocycles. The molecule has 0 saturated heterocycles. The number of rotatable bonds is 1. The summed E-state index contributed by atoms with van der Waals surface area (Å²) >= 11 is 0. The Balaban J connectivity index is 2.18. The monoisotopic (exact) mass is 209 g/mol. The van der Waals surface area contributed by atoms with Crippen molar-refractivity contribution in [1.29, 1.82) is 0 Å². The minimum Gasteiger partial charge on any atom is -0.385 e. The number of aliphatic hydroxyl groups is 1. The fourth-order valence-electron chi connectivity index (χ4n) is 2.17. The summed E-state index contributed by atoms with van der Waals surface area (Å²) in [7, 11) is 0. The molecule has 0 aliphatic heterocycles. The van der Waals surface area contributed by atoms with Crippen LogP contribution in [0.4, 0.5) is 4.39 Å². The summed E-state index contributed by atoms with van der Waals surface area (Å²) < 4.78 is 12.7. The second-order valence-electron chi connectivity index (χ2n) is 4.38. The van der Waals surface area contributed by atoms with E-state index >= 15 is 0 Å². The van der Waals surface area contributed by atoms with Crippen LogP contribution in [0.3, 0.4) is 0 Å². The van der Waals surface area contributed by atoms with Crippen molar-refractivity contribution in [3.63, 3.8) is 0 Å². The standard InChI is InChI=1S/C12H16FNO/c13-10-3-1-9(2-4-10)12(15)7-5-11(14)6-8-12/h1-4,11,15H,5-8,14H2/t11-,12+. The van der Waals surface area contributed by atoms with E-state index in [1.165, 1.54) is 12.1 Å². The molecule has 15 heavy (non-hydrogen) atoms. The van der Waals surface area contributed by atoms with Gasteiger partial charge in [-0.3, -0.25) is 0 Å². The summed E-state index contributed by atoms with van der Waals surface area (Å²) in [6.07, 6.45) is 2.99. The van der Waals surface area contributed by atoms with Crippen LogP contribution in [0.5, 0.6) is 0 Å². The average Bonchev–Trinajstić information content (AvgIpc) is 2.24. The Morgan fingerprint density at radius 1 is 1.20 bits per heavy atom. The average molecular weight is 209 g/mol. The maximum atomic E-state index is 12.7. The smallest absolute Gasteiger partial charge is 0.123 e. The zero-order valence-corrected chi connectivity index (χ0v) is 8.62. The lowest BCUT2D eigenvalue weighted by Gasteiger charge is -2.35. The van der Waals surface area contributed by atoms with Crippen molar-refractivity contribution >= 4 is 0 Å². The third-order valence-corrected chi connectivity index (χ3v) is 3.24. The molecule has 0 bridgehead atoms. The number of hydrogen-bond acceptors (Lipinski definition) is 2. The molecule has 3 N–H and O–H groups in total. The van der Waals surface area contributed by atoms with Crippen LogP contribution in [0, 0.1) is 5.82 Å². The molecule has 0 heterocycles. The van der Waals surface area contributed by atoms with Crippen molar-refractivity contribution < 1.29 is 9.50 Å². The first-order chi connectivity index (χ1) is 7.10. The van der Waals surface area contributed by atoms with Gasteiger partial charge in [0.2, 0.25) is 0 Å². The molecule has 1 aromatic carbocycles. The van der Waals surface area contributed by atoms with Crippen molar-refractivity contribution in [3.8, 4) is 0 Å². The minimum absolute atomic E-state index is 0.200. The molecule has 1 saturated carbocycles. The van der Waals surface area contributed by atoms with Crippen molar-refractivity contribution in [2.75, 3.05) is 0 Å². The number of benzene rings is 1. The first-order valence-corrected chi connectivity index (χ1v) is 5.34. The van der Waals surface area contributed by atoms with Gasteiger partial charge in [0, 0.05) is 6.04 Å². The molecule has 0 radical (unpaired) electrons. The second kappa shape index (κ2) is 3.91. The van der Waals surface area contributed by atoms with Crippen LogP contribution in [-0.2, 0) is 5.60 Å². The van der Waals surface area contributed by atoms with E-state index in [4.69, 9.17) is 5.73 Å². The number of nitrogens with two attached hydrogens (primary N) is 1. The molecule has 0 aromatic heterocycles. The molecule has 1 fully saturated rings. The summed E-state index contributed by atoms with van der Waals surface area (Å²) in [6, 6.07) is 6.30. The van der Waals surface area contributed by atoms with E-state index < -0.39 is 5.60 Å². The molecule has 3 heteroatoms. The zero-order valence-electron chi connectivity index (χ0n) is 8.62. The van der Waals surface area contributed by atoms with Crippen LogP contribution in [0.15, 0.2) is 24.3 Å². The van der Waals surface area contributed by atoms with Crippen LogP contribution in [0.1, 0.15) is 31.2 Å². The third-order valence-electron chi connectivity index (χ3n) is 3.24. The normalized spacial score (nSPS) is 31.5. The quantitative estimate of drug-likeness (QED) is 0.742. The predicted molar refractivity (Wildman–Crippen MR) is 56.7 cm³/mol. The van der Waals surface area contributed by atoms with Gasteiger partial charge in [0.15, 0.2) is 0 Å². The van der Waals surface area contributed by atoms with Gasteiger partial charge in [-0.2, -0.15) is 0 Å². The Morgan fingerprint density at radius 3 is 2.27 bits per heavy atom. The second-order valence-corrected chi connectivity index (χ2v) is 4.38. The Kier molecular flexibility index (Phi) is 2.76. The third kappa shape index (κ3) is 2.19. The van der Waals surface area contributed by atoms with Crippen molar-refractivity contribution in [3.05, 3.63) is 35.6 Å². The first kappa shape index (κ1) is 10.6. The van der Waals surface area contributed by atoms with E-state index in [2.05, 4.69) is 0 Å². The van der Waals surface area contributed by atoms with Gasteiger partial charge in [0.25, 0.3) is 0 Å². The number of hydrogen-bond donors (Lipinski definition) is 2. The summed E-state index contributed by atoms with van der Waals surface area (Å²) in [6.45, 7) is 0. The van der Waals surface area contributed by atoms with Gasteiger partial charge in [0.1, 0.15) is 5.82 Å². The van der Waals surface area contributed by atoms with Gasteiger partial charge >= 0.3 is 0 Å². The first-order valence-electron chi connectivity index (χ1n) is 5.34. The zero-order chi connectivity index (χ0) is 10.9. The van der Waals surface area contributed by atoms with Gasteiger partial charge in [-0.1, -0.05) is 12.1 Å². The Hall–Kier alpha value is -0.930. The highest BCUT2D eigenvalue weighted by Crippen LogP contribution is 2.36. The summed E-state index contributed by atoms with van der Waals surface area (Å²) in [5, 5.41) is 10.4. The summed E-state index contributed by atoms with van der Waals surface area (Å²) in [4.78, 5) is 0. The Bertz CT molecular complexity index is 328. The van der Waals surface area contributed by atoms with Crippen molar-refractivity contribution in [1.82, 2.24) is 0 Å². The van der Waals surface area contributed by atoms with E-state index in [1.54, 1.807) is 12.1 Å². The topological polar surface area (TPSA) is 46.2 Å². The lowest BCUT2D eigenvalue weighted by molar-refractivity contribution is -0.00500. The fraction of sp³-hybridized carbons (Fsp3) is 0.500. The highest BCUT2D eigenvalue weighted by Gasteiger charge is 2.33. The van der Waals surface area contributed by atoms with E-state index in [0.29, 0.717) is 12.8 Å². The van der Waals surface area contributed by atoms with Crippen LogP contribution in [0.25, 0.3) is 0 Å². The maximum Gasteiger partial charge on any atom is 0.123 e. The molecule has 0 amide bonds. The van der Waals surface area contributed by atoms with Crippen LogP contribution in [0.2, 0.25) is 0 Å². The van der Waals surface area contributed by atoms with Crippen molar-refractivity contribution in [2.24, 2.45) is 5.73 Å². The van der Waals surface area contributed by atoms with E-state index in [1.807, 2.05) is 0 Å². The van der Waals surface area contributed by atoms with Gasteiger partial charge in [-0.15, -0.1) is 0 Å².